The molecular weight excluding hydrogens is 406 g/mol. The first-order valence-corrected chi connectivity index (χ1v) is 10.8. The topological polar surface area (TPSA) is 101 Å². The van der Waals surface area contributed by atoms with E-state index in [1.165, 1.54) is 5.57 Å². The van der Waals surface area contributed by atoms with Crippen LogP contribution in [-0.4, -0.2) is 61.2 Å². The number of anilines is 2. The molecule has 0 aliphatic carbocycles. The summed E-state index contributed by atoms with van der Waals surface area (Å²) < 4.78 is 5.22. The van der Waals surface area contributed by atoms with E-state index in [2.05, 4.69) is 40.9 Å². The molecule has 0 saturated carbocycles. The molecule has 8 heteroatoms. The van der Waals surface area contributed by atoms with Crippen LogP contribution in [0.4, 0.5) is 16.3 Å². The Labute approximate surface area is 187 Å². The normalized spacial score (nSPS) is 19.0. The highest BCUT2D eigenvalue weighted by atomic mass is 16.6. The van der Waals surface area contributed by atoms with Crippen LogP contribution in [0.3, 0.4) is 0 Å². The largest absolute Gasteiger partial charge is 0.444 e. The molecule has 2 aliphatic rings. The maximum absolute atomic E-state index is 12.1. The second kappa shape index (κ2) is 9.00. The fourth-order valence-electron chi connectivity index (χ4n) is 4.15. The van der Waals surface area contributed by atoms with E-state index in [-0.39, 0.29) is 12.0 Å². The summed E-state index contributed by atoms with van der Waals surface area (Å²) in [5.74, 6) is 0.647. The van der Waals surface area contributed by atoms with Gasteiger partial charge in [-0.3, -0.25) is 4.79 Å². The van der Waals surface area contributed by atoms with Gasteiger partial charge in [-0.1, -0.05) is 12.7 Å². The molecule has 1 unspecified atom stereocenters. The van der Waals surface area contributed by atoms with E-state index in [9.17, 15) is 9.59 Å². The zero-order chi connectivity index (χ0) is 22.8. The van der Waals surface area contributed by atoms with E-state index in [1.54, 1.807) is 6.92 Å². The summed E-state index contributed by atoms with van der Waals surface area (Å²) in [6.45, 7) is 8.52. The van der Waals surface area contributed by atoms with Crippen LogP contribution in [0.5, 0.6) is 0 Å². The van der Waals surface area contributed by atoms with Crippen LogP contribution in [0.1, 0.15) is 25.5 Å². The number of pyridine rings is 1. The summed E-state index contributed by atoms with van der Waals surface area (Å²) in [4.78, 5) is 32.7. The monoisotopic (exact) mass is 435 g/mol. The van der Waals surface area contributed by atoms with Gasteiger partial charge in [0.05, 0.1) is 12.2 Å². The number of nitrogens with zero attached hydrogens (tertiary/aromatic N) is 3. The lowest BCUT2D eigenvalue weighted by Gasteiger charge is -2.24. The number of aromatic nitrogens is 1. The van der Waals surface area contributed by atoms with Crippen LogP contribution in [0, 0.1) is 0 Å². The van der Waals surface area contributed by atoms with Crippen LogP contribution < -0.4 is 16.0 Å². The summed E-state index contributed by atoms with van der Waals surface area (Å²) >= 11 is 0. The number of nitrogens with one attached hydrogen (secondary N) is 1. The number of benzene rings is 1. The van der Waals surface area contributed by atoms with E-state index < -0.39 is 6.09 Å². The number of primary amides is 1. The molecule has 1 aromatic heterocycles. The molecule has 32 heavy (non-hydrogen) atoms. The number of rotatable bonds is 5. The zero-order valence-corrected chi connectivity index (χ0v) is 18.6. The second-order valence-corrected chi connectivity index (χ2v) is 8.54. The minimum atomic E-state index is -0.752. The quantitative estimate of drug-likeness (QED) is 0.700. The highest BCUT2D eigenvalue weighted by Crippen LogP contribution is 2.34. The molecule has 2 aliphatic heterocycles. The Morgan fingerprint density at radius 3 is 2.78 bits per heavy atom. The van der Waals surface area contributed by atoms with Gasteiger partial charge in [0.2, 0.25) is 0 Å². The van der Waals surface area contributed by atoms with Gasteiger partial charge in [0.25, 0.3) is 5.91 Å². The second-order valence-electron chi connectivity index (χ2n) is 8.54. The van der Waals surface area contributed by atoms with Crippen molar-refractivity contribution in [1.29, 1.82) is 0 Å². The minimum Gasteiger partial charge on any atom is -0.444 e. The third kappa shape index (κ3) is 4.75. The van der Waals surface area contributed by atoms with Crippen molar-refractivity contribution in [3.63, 3.8) is 0 Å². The van der Waals surface area contributed by atoms with Gasteiger partial charge in [-0.15, -0.1) is 0 Å². The summed E-state index contributed by atoms with van der Waals surface area (Å²) in [6, 6.07) is 7.89. The smallest absolute Gasteiger partial charge is 0.404 e. The average molecular weight is 436 g/mol. The van der Waals surface area contributed by atoms with Gasteiger partial charge in [0, 0.05) is 42.7 Å². The Kier molecular flexibility index (Phi) is 6.14. The van der Waals surface area contributed by atoms with Crippen molar-refractivity contribution in [2.24, 2.45) is 5.73 Å². The van der Waals surface area contributed by atoms with Gasteiger partial charge < -0.3 is 25.6 Å². The highest BCUT2D eigenvalue weighted by molar-refractivity contribution is 6.05. The van der Waals surface area contributed by atoms with Gasteiger partial charge >= 0.3 is 6.09 Å². The third-order valence-electron chi connectivity index (χ3n) is 5.93. The van der Waals surface area contributed by atoms with Crippen molar-refractivity contribution in [2.45, 2.75) is 25.9 Å². The summed E-state index contributed by atoms with van der Waals surface area (Å²) in [5, 5.41) is 4.86. The number of nitrogens with two attached hydrogens (primary N) is 1. The number of hydrogen-bond donors (Lipinski definition) is 2. The van der Waals surface area contributed by atoms with Crippen LogP contribution in [0.15, 0.2) is 42.5 Å². The molecule has 8 nitrogen and oxygen atoms in total. The Morgan fingerprint density at radius 1 is 1.28 bits per heavy atom. The zero-order valence-electron chi connectivity index (χ0n) is 18.6. The molecule has 3 heterocycles. The molecule has 3 N–H and O–H groups in total. The van der Waals surface area contributed by atoms with Crippen molar-refractivity contribution in [3.8, 4) is 0 Å². The Hall–Kier alpha value is -3.39. The van der Waals surface area contributed by atoms with Gasteiger partial charge in [0.15, 0.2) is 0 Å². The van der Waals surface area contributed by atoms with E-state index in [0.717, 1.165) is 48.3 Å². The number of carbonyl (C=O) groups is 2. The van der Waals surface area contributed by atoms with Crippen LogP contribution in [0.2, 0.25) is 0 Å². The molecule has 4 rings (SSSR count). The van der Waals surface area contributed by atoms with Crippen molar-refractivity contribution >= 4 is 39.9 Å². The fourth-order valence-corrected chi connectivity index (χ4v) is 4.15. The van der Waals surface area contributed by atoms with Crippen LogP contribution in [0.25, 0.3) is 16.3 Å². The molecule has 168 valence electrons. The summed E-state index contributed by atoms with van der Waals surface area (Å²) in [7, 11) is 2.10. The van der Waals surface area contributed by atoms with E-state index in [0.29, 0.717) is 24.2 Å². The predicted molar refractivity (Wildman–Crippen MR) is 127 cm³/mol. The molecule has 2 amide bonds. The van der Waals surface area contributed by atoms with Crippen LogP contribution in [-0.2, 0) is 9.53 Å². The summed E-state index contributed by atoms with van der Waals surface area (Å²) in [6.07, 6.45) is 2.85. The van der Waals surface area contributed by atoms with E-state index in [1.807, 2.05) is 18.2 Å². The standard InChI is InChI=1S/C24H29N5O3/c1-15(2)23(30)26-18-4-5-20-17(12-18)13-21(16-6-9-28(3)10-7-16)27-22(20)29-11-8-19(14-29)32-24(25)31/h4-6,12-13,19H,1,7-11,14H2,2-3H3,(H2,25,31)(H,26,30). The number of carbonyl (C=O) groups excluding carboxylic acids is 2. The lowest BCUT2D eigenvalue weighted by atomic mass is 10.0. The third-order valence-corrected chi connectivity index (χ3v) is 5.93. The number of fused-ring (bicyclic) bond motifs is 1. The van der Waals surface area contributed by atoms with Gasteiger partial charge in [-0.25, -0.2) is 9.78 Å². The molecule has 1 aromatic carbocycles. The number of hydrogen-bond acceptors (Lipinski definition) is 6. The molecule has 0 bridgehead atoms. The van der Waals surface area contributed by atoms with Crippen molar-refractivity contribution < 1.29 is 14.3 Å². The number of amides is 2. The maximum atomic E-state index is 12.1. The molecule has 0 spiro atoms. The lowest BCUT2D eigenvalue weighted by Crippen LogP contribution is -2.28. The number of ether oxygens (including phenoxy) is 1. The Morgan fingerprint density at radius 2 is 2.09 bits per heavy atom. The van der Waals surface area contributed by atoms with Crippen molar-refractivity contribution in [1.82, 2.24) is 9.88 Å². The number of likely N-dealkylation sites (N-methyl/N-ethyl adjacent to an activating group) is 1. The molecule has 1 fully saturated rings. The van der Waals surface area contributed by atoms with Gasteiger partial charge in [-0.2, -0.15) is 0 Å². The predicted octanol–water partition coefficient (Wildman–Crippen LogP) is 3.14. The first-order valence-electron chi connectivity index (χ1n) is 10.8. The molecule has 1 saturated heterocycles. The first kappa shape index (κ1) is 21.8. The molecule has 1 atom stereocenters. The Bertz CT molecular complexity index is 1110. The highest BCUT2D eigenvalue weighted by Gasteiger charge is 2.28. The van der Waals surface area contributed by atoms with E-state index >= 15 is 0 Å². The molecular formula is C24H29N5O3. The van der Waals surface area contributed by atoms with Crippen molar-refractivity contribution in [3.05, 3.63) is 48.2 Å². The maximum Gasteiger partial charge on any atom is 0.404 e. The lowest BCUT2D eigenvalue weighted by molar-refractivity contribution is -0.112. The van der Waals surface area contributed by atoms with Gasteiger partial charge in [0.1, 0.15) is 11.9 Å². The average Bonchev–Trinajstić information content (AvgIpc) is 3.20. The SMILES string of the molecule is C=C(C)C(=O)Nc1ccc2c(N3CCC(OC(N)=O)C3)nc(C3=CCN(C)CC3)cc2c1. The minimum absolute atomic E-state index is 0.206. The van der Waals surface area contributed by atoms with Crippen LogP contribution >= 0.6 is 0 Å². The first-order chi connectivity index (χ1) is 15.3. The Balaban J connectivity index is 1.74. The fraction of sp³-hybridized carbons (Fsp3) is 0.375. The molecule has 2 aromatic rings. The van der Waals surface area contributed by atoms with Crippen molar-refractivity contribution in [2.75, 3.05) is 43.4 Å². The molecule has 0 radical (unpaired) electrons. The summed E-state index contributed by atoms with van der Waals surface area (Å²) in [5.41, 5.74) is 8.52. The van der Waals surface area contributed by atoms with Gasteiger partial charge in [-0.05, 0) is 55.6 Å². The van der Waals surface area contributed by atoms with E-state index in [4.69, 9.17) is 15.5 Å².